The molecule has 2 rings (SSSR count). The molecule has 0 aromatic heterocycles. The molecule has 2 aromatic rings. The van der Waals surface area contributed by atoms with Crippen LogP contribution in [0.2, 0.25) is 0 Å². The molecule has 0 spiro atoms. The second kappa shape index (κ2) is 5.63. The van der Waals surface area contributed by atoms with Crippen LogP contribution < -0.4 is 10.5 Å². The molecule has 2 N–H and O–H groups in total. The van der Waals surface area contributed by atoms with Gasteiger partial charge in [-0.3, -0.25) is 0 Å². The van der Waals surface area contributed by atoms with Crippen LogP contribution in [0.25, 0.3) is 0 Å². The van der Waals surface area contributed by atoms with E-state index in [4.69, 9.17) is 10.5 Å². The van der Waals surface area contributed by atoms with Gasteiger partial charge in [-0.25, -0.2) is 13.2 Å². The summed E-state index contributed by atoms with van der Waals surface area (Å²) in [4.78, 5) is 0. The van der Waals surface area contributed by atoms with Gasteiger partial charge >= 0.3 is 0 Å². The van der Waals surface area contributed by atoms with Gasteiger partial charge in [-0.2, -0.15) is 0 Å². The summed E-state index contributed by atoms with van der Waals surface area (Å²) in [6, 6.07) is 5.56. The zero-order valence-electron chi connectivity index (χ0n) is 9.59. The number of nitrogens with two attached hydrogens (primary N) is 1. The van der Waals surface area contributed by atoms with E-state index in [0.717, 1.165) is 18.2 Å². The molecule has 0 atom stereocenters. The lowest BCUT2D eigenvalue weighted by Crippen LogP contribution is -2.00. The second-order valence-corrected chi connectivity index (χ2v) is 4.52. The highest BCUT2D eigenvalue weighted by Gasteiger charge is 2.14. The predicted octanol–water partition coefficient (Wildman–Crippen LogP) is 4.12. The summed E-state index contributed by atoms with van der Waals surface area (Å²) in [5.74, 6) is -2.76. The SMILES string of the molecule is NCc1ccc(Oc2cc(F)ccc2F)c(F)c1Br. The Morgan fingerprint density at radius 1 is 1.05 bits per heavy atom. The minimum Gasteiger partial charge on any atom is -0.451 e. The first-order valence-corrected chi connectivity index (χ1v) is 6.12. The first-order chi connectivity index (χ1) is 9.02. The Morgan fingerprint density at radius 3 is 2.47 bits per heavy atom. The molecule has 0 saturated carbocycles. The van der Waals surface area contributed by atoms with Crippen LogP contribution in [-0.2, 0) is 6.54 Å². The molecule has 0 aliphatic rings. The Hall–Kier alpha value is -1.53. The summed E-state index contributed by atoms with van der Waals surface area (Å²) in [6.07, 6.45) is 0. The van der Waals surface area contributed by atoms with Crippen molar-refractivity contribution >= 4 is 15.9 Å². The van der Waals surface area contributed by atoms with Crippen molar-refractivity contribution in [2.24, 2.45) is 5.73 Å². The standard InChI is InChI=1S/C13H9BrF3NO/c14-12-7(6-18)1-4-10(13(12)17)19-11-5-8(15)2-3-9(11)16/h1-5H,6,18H2. The van der Waals surface area contributed by atoms with Crippen molar-refractivity contribution in [1.29, 1.82) is 0 Å². The monoisotopic (exact) mass is 331 g/mol. The lowest BCUT2D eigenvalue weighted by Gasteiger charge is -2.10. The highest BCUT2D eigenvalue weighted by Crippen LogP contribution is 2.32. The Bertz CT molecular complexity index is 619. The van der Waals surface area contributed by atoms with E-state index in [1.54, 1.807) is 6.07 Å². The molecule has 100 valence electrons. The Kier molecular flexibility index (Phi) is 4.11. The molecule has 6 heteroatoms. The summed E-state index contributed by atoms with van der Waals surface area (Å²) in [7, 11) is 0. The maximum absolute atomic E-state index is 13.9. The van der Waals surface area contributed by atoms with Gasteiger partial charge in [-0.15, -0.1) is 0 Å². The first-order valence-electron chi connectivity index (χ1n) is 5.32. The number of halogens is 4. The molecule has 0 aliphatic carbocycles. The Labute approximate surface area is 116 Å². The summed E-state index contributed by atoms with van der Waals surface area (Å²) in [5, 5.41) is 0. The van der Waals surface area contributed by atoms with Crippen LogP contribution in [0.1, 0.15) is 5.56 Å². The minimum atomic E-state index is -0.778. The Morgan fingerprint density at radius 2 is 1.79 bits per heavy atom. The van der Waals surface area contributed by atoms with Crippen molar-refractivity contribution in [3.8, 4) is 11.5 Å². The fourth-order valence-corrected chi connectivity index (χ4v) is 1.97. The van der Waals surface area contributed by atoms with Crippen LogP contribution in [0.4, 0.5) is 13.2 Å². The number of benzene rings is 2. The molecular weight excluding hydrogens is 323 g/mol. The maximum atomic E-state index is 13.9. The van der Waals surface area contributed by atoms with Crippen molar-refractivity contribution in [2.45, 2.75) is 6.54 Å². The number of rotatable bonds is 3. The Balaban J connectivity index is 2.39. The van der Waals surface area contributed by atoms with Gasteiger partial charge in [-0.05, 0) is 39.7 Å². The predicted molar refractivity (Wildman–Crippen MR) is 68.4 cm³/mol. The molecule has 19 heavy (non-hydrogen) atoms. The van der Waals surface area contributed by atoms with E-state index in [2.05, 4.69) is 15.9 Å². The van der Waals surface area contributed by atoms with Crippen molar-refractivity contribution in [3.63, 3.8) is 0 Å². The van der Waals surface area contributed by atoms with E-state index in [-0.39, 0.29) is 22.5 Å². The third-order valence-corrected chi connectivity index (χ3v) is 3.32. The van der Waals surface area contributed by atoms with Gasteiger partial charge in [-0.1, -0.05) is 6.07 Å². The van der Waals surface area contributed by atoms with Gasteiger partial charge in [0.2, 0.25) is 0 Å². The van der Waals surface area contributed by atoms with Crippen LogP contribution in [0, 0.1) is 17.5 Å². The van der Waals surface area contributed by atoms with E-state index in [9.17, 15) is 13.2 Å². The molecule has 2 nitrogen and oxygen atoms in total. The topological polar surface area (TPSA) is 35.2 Å². The molecule has 0 amide bonds. The molecule has 0 radical (unpaired) electrons. The summed E-state index contributed by atoms with van der Waals surface area (Å²) >= 11 is 3.03. The normalized spacial score (nSPS) is 10.6. The van der Waals surface area contributed by atoms with Gasteiger partial charge in [0.15, 0.2) is 23.1 Å². The second-order valence-electron chi connectivity index (χ2n) is 3.73. The molecule has 0 aliphatic heterocycles. The highest BCUT2D eigenvalue weighted by atomic mass is 79.9. The van der Waals surface area contributed by atoms with Crippen molar-refractivity contribution in [1.82, 2.24) is 0 Å². The van der Waals surface area contributed by atoms with E-state index in [0.29, 0.717) is 5.56 Å². The van der Waals surface area contributed by atoms with Gasteiger partial charge in [0.25, 0.3) is 0 Å². The fourth-order valence-electron chi connectivity index (χ4n) is 1.48. The molecular formula is C13H9BrF3NO. The van der Waals surface area contributed by atoms with Crippen LogP contribution >= 0.6 is 15.9 Å². The lowest BCUT2D eigenvalue weighted by atomic mass is 10.2. The van der Waals surface area contributed by atoms with Gasteiger partial charge in [0.05, 0.1) is 4.47 Å². The average Bonchev–Trinajstić information content (AvgIpc) is 2.39. The average molecular weight is 332 g/mol. The third-order valence-electron chi connectivity index (χ3n) is 2.46. The smallest absolute Gasteiger partial charge is 0.180 e. The van der Waals surface area contributed by atoms with Crippen LogP contribution in [0.15, 0.2) is 34.8 Å². The largest absolute Gasteiger partial charge is 0.451 e. The van der Waals surface area contributed by atoms with E-state index in [1.807, 2.05) is 0 Å². The third kappa shape index (κ3) is 2.90. The van der Waals surface area contributed by atoms with Crippen LogP contribution in [0.5, 0.6) is 11.5 Å². The van der Waals surface area contributed by atoms with E-state index >= 15 is 0 Å². The summed E-state index contributed by atoms with van der Waals surface area (Å²) in [6.45, 7) is 0.145. The number of ether oxygens (including phenoxy) is 1. The fraction of sp³-hybridized carbons (Fsp3) is 0.0769. The van der Waals surface area contributed by atoms with E-state index < -0.39 is 17.5 Å². The zero-order valence-corrected chi connectivity index (χ0v) is 11.2. The van der Waals surface area contributed by atoms with Gasteiger partial charge < -0.3 is 10.5 Å². The van der Waals surface area contributed by atoms with Crippen molar-refractivity contribution < 1.29 is 17.9 Å². The van der Waals surface area contributed by atoms with Gasteiger partial charge in [0, 0.05) is 12.6 Å². The maximum Gasteiger partial charge on any atom is 0.180 e. The van der Waals surface area contributed by atoms with Crippen molar-refractivity contribution in [2.75, 3.05) is 0 Å². The molecule has 2 aromatic carbocycles. The quantitative estimate of drug-likeness (QED) is 0.918. The van der Waals surface area contributed by atoms with Gasteiger partial charge in [0.1, 0.15) is 5.82 Å². The number of hydrogen-bond acceptors (Lipinski definition) is 2. The van der Waals surface area contributed by atoms with Crippen molar-refractivity contribution in [3.05, 3.63) is 57.8 Å². The molecule has 0 fully saturated rings. The zero-order chi connectivity index (χ0) is 14.0. The van der Waals surface area contributed by atoms with E-state index in [1.165, 1.54) is 6.07 Å². The van der Waals surface area contributed by atoms with Crippen LogP contribution in [-0.4, -0.2) is 0 Å². The number of hydrogen-bond donors (Lipinski definition) is 1. The lowest BCUT2D eigenvalue weighted by molar-refractivity contribution is 0.409. The first kappa shape index (κ1) is 13.9. The summed E-state index contributed by atoms with van der Waals surface area (Å²) in [5.41, 5.74) is 5.96. The molecule has 0 unspecified atom stereocenters. The molecule has 0 saturated heterocycles. The summed E-state index contributed by atoms with van der Waals surface area (Å²) < 4.78 is 45.5. The van der Waals surface area contributed by atoms with Crippen LogP contribution in [0.3, 0.4) is 0 Å². The molecule has 0 heterocycles. The molecule has 0 bridgehead atoms. The highest BCUT2D eigenvalue weighted by molar-refractivity contribution is 9.10. The minimum absolute atomic E-state index is 0.143.